The van der Waals surface area contributed by atoms with Crippen molar-refractivity contribution < 1.29 is 0 Å². The summed E-state index contributed by atoms with van der Waals surface area (Å²) in [7, 11) is 0. The van der Waals surface area contributed by atoms with Crippen LogP contribution in [-0.4, -0.2) is 0 Å². The smallest absolute Gasteiger partial charge is 0.0256 e. The third kappa shape index (κ3) is 1.42. The highest BCUT2D eigenvalue weighted by Crippen LogP contribution is 2.69. The first-order valence-electron chi connectivity index (χ1n) is 8.32. The molecule has 0 heteroatoms. The van der Waals surface area contributed by atoms with Crippen LogP contribution in [0, 0.1) is 40.9 Å². The number of hydrogen-bond acceptors (Lipinski definition) is 0. The Hall–Kier alpha value is 0. The zero-order valence-electron chi connectivity index (χ0n) is 11.0. The summed E-state index contributed by atoms with van der Waals surface area (Å²) in [6, 6.07) is 0. The van der Waals surface area contributed by atoms with E-state index in [0.717, 1.165) is 5.41 Å². The predicted molar refractivity (Wildman–Crippen MR) is 69.5 cm³/mol. The topological polar surface area (TPSA) is 0 Å². The van der Waals surface area contributed by atoms with Crippen LogP contribution in [0.25, 0.3) is 0 Å². The van der Waals surface area contributed by atoms with Crippen molar-refractivity contribution in [1.29, 1.82) is 0 Å². The highest BCUT2D eigenvalue weighted by molar-refractivity contribution is 5.09. The minimum absolute atomic E-state index is 0.886. The van der Waals surface area contributed by atoms with Crippen molar-refractivity contribution in [1.82, 2.24) is 0 Å². The van der Waals surface area contributed by atoms with E-state index < -0.39 is 0 Å². The first-order chi connectivity index (χ1) is 8.32. The molecule has 4 bridgehead atoms. The molecule has 0 aliphatic heterocycles. The molecule has 0 atom stereocenters. The second-order valence-electron chi connectivity index (χ2n) is 8.48. The number of hydrogen-bond donors (Lipinski definition) is 0. The average Bonchev–Trinajstić information content (AvgIpc) is 3.08. The molecule has 0 aromatic rings. The molecule has 0 N–H and O–H groups in total. The normalized spacial score (nSPS) is 52.4. The summed E-state index contributed by atoms with van der Waals surface area (Å²) in [6.45, 7) is 0. The molecule has 0 heterocycles. The minimum atomic E-state index is 0.886. The Labute approximate surface area is 106 Å². The van der Waals surface area contributed by atoms with E-state index in [0.29, 0.717) is 0 Å². The Balaban J connectivity index is 1.51. The Morgan fingerprint density at radius 3 is 1.41 bits per heavy atom. The van der Waals surface area contributed by atoms with Crippen LogP contribution in [0.3, 0.4) is 0 Å². The van der Waals surface area contributed by atoms with Crippen molar-refractivity contribution in [3.05, 3.63) is 0 Å². The fraction of sp³-hybridized carbons (Fsp3) is 1.00. The Morgan fingerprint density at radius 2 is 1.06 bits per heavy atom. The third-order valence-corrected chi connectivity index (χ3v) is 7.05. The third-order valence-electron chi connectivity index (χ3n) is 7.05. The van der Waals surface area contributed by atoms with E-state index in [9.17, 15) is 0 Å². The van der Waals surface area contributed by atoms with E-state index in [-0.39, 0.29) is 0 Å². The summed E-state index contributed by atoms with van der Waals surface area (Å²) in [5.41, 5.74) is 0.886. The van der Waals surface area contributed by atoms with Gasteiger partial charge in [0.1, 0.15) is 0 Å². The Kier molecular flexibility index (Phi) is 1.81. The van der Waals surface area contributed by atoms with E-state index in [4.69, 9.17) is 0 Å². The summed E-state index contributed by atoms with van der Waals surface area (Å²) < 4.78 is 0. The average molecular weight is 230 g/mol. The van der Waals surface area contributed by atoms with Gasteiger partial charge in [-0.25, -0.2) is 0 Å². The van der Waals surface area contributed by atoms with Crippen molar-refractivity contribution in [3.8, 4) is 0 Å². The maximum Gasteiger partial charge on any atom is -0.0256 e. The van der Waals surface area contributed by atoms with Crippen molar-refractivity contribution >= 4 is 0 Å². The highest BCUT2D eigenvalue weighted by Gasteiger charge is 2.59. The van der Waals surface area contributed by atoms with Gasteiger partial charge in [-0.1, -0.05) is 0 Å². The van der Waals surface area contributed by atoms with Crippen LogP contribution < -0.4 is 0 Å². The van der Waals surface area contributed by atoms with Gasteiger partial charge in [0, 0.05) is 0 Å². The molecule has 0 spiro atoms. The molecular weight excluding hydrogens is 204 g/mol. The van der Waals surface area contributed by atoms with E-state index in [1.807, 2.05) is 0 Å². The van der Waals surface area contributed by atoms with E-state index >= 15 is 0 Å². The lowest BCUT2D eigenvalue weighted by Gasteiger charge is -2.60. The first kappa shape index (κ1) is 9.87. The van der Waals surface area contributed by atoms with Crippen molar-refractivity contribution in [2.24, 2.45) is 40.9 Å². The maximum atomic E-state index is 1.66. The highest BCUT2D eigenvalue weighted by atomic mass is 14.6. The summed E-state index contributed by atoms with van der Waals surface area (Å²) in [5, 5.41) is 0. The predicted octanol–water partition coefficient (Wildman–Crippen LogP) is 4.64. The van der Waals surface area contributed by atoms with Crippen LogP contribution >= 0.6 is 0 Å². The fourth-order valence-corrected chi connectivity index (χ4v) is 6.88. The lowest BCUT2D eigenvalue weighted by atomic mass is 9.45. The van der Waals surface area contributed by atoms with Crippen LogP contribution in [0.1, 0.15) is 64.2 Å². The van der Waals surface area contributed by atoms with Gasteiger partial charge in [0.15, 0.2) is 0 Å². The standard InChI is InChI=1S/C17H26/c1-2-14(1)16(15-3-4-15)17-8-11-5-12(9-17)7-13(6-11)10-17/h11-16H,1-10H2. The first-order valence-corrected chi connectivity index (χ1v) is 8.32. The molecule has 0 radical (unpaired) electrons. The number of rotatable bonds is 3. The van der Waals surface area contributed by atoms with Crippen molar-refractivity contribution in [2.45, 2.75) is 64.2 Å². The molecule has 6 aliphatic carbocycles. The van der Waals surface area contributed by atoms with Gasteiger partial charge in [0.05, 0.1) is 0 Å². The van der Waals surface area contributed by atoms with Gasteiger partial charge in [0.2, 0.25) is 0 Å². The molecule has 94 valence electrons. The molecule has 6 fully saturated rings. The largest absolute Gasteiger partial charge is 0.0499 e. The van der Waals surface area contributed by atoms with E-state index in [2.05, 4.69) is 0 Å². The maximum absolute atomic E-state index is 1.66. The molecule has 0 aromatic heterocycles. The molecule has 17 heavy (non-hydrogen) atoms. The van der Waals surface area contributed by atoms with Crippen LogP contribution in [0.15, 0.2) is 0 Å². The SMILES string of the molecule is C1C2CC3CC1CC(C(C1CC1)C1CC1)(C2)C3. The van der Waals surface area contributed by atoms with E-state index in [1.165, 1.54) is 35.5 Å². The van der Waals surface area contributed by atoms with Gasteiger partial charge in [-0.05, 0) is 105 Å². The molecule has 0 nitrogen and oxygen atoms in total. The molecule has 0 amide bonds. The lowest BCUT2D eigenvalue weighted by Crippen LogP contribution is -2.50. The second-order valence-corrected chi connectivity index (χ2v) is 8.48. The van der Waals surface area contributed by atoms with Gasteiger partial charge < -0.3 is 0 Å². The van der Waals surface area contributed by atoms with Gasteiger partial charge in [0.25, 0.3) is 0 Å². The van der Waals surface area contributed by atoms with Gasteiger partial charge in [-0.2, -0.15) is 0 Å². The quantitative estimate of drug-likeness (QED) is 0.662. The summed E-state index contributed by atoms with van der Waals surface area (Å²) in [5.74, 6) is 7.09. The second kappa shape index (κ2) is 3.11. The molecule has 0 saturated heterocycles. The van der Waals surface area contributed by atoms with Crippen LogP contribution in [0.4, 0.5) is 0 Å². The lowest BCUT2D eigenvalue weighted by molar-refractivity contribution is -0.0983. The summed E-state index contributed by atoms with van der Waals surface area (Å²) in [4.78, 5) is 0. The Bertz CT molecular complexity index is 287. The molecule has 6 rings (SSSR count). The van der Waals surface area contributed by atoms with E-state index in [1.54, 1.807) is 64.2 Å². The zero-order valence-corrected chi connectivity index (χ0v) is 11.0. The minimum Gasteiger partial charge on any atom is -0.0499 e. The Morgan fingerprint density at radius 1 is 0.647 bits per heavy atom. The van der Waals surface area contributed by atoms with Crippen molar-refractivity contribution in [2.75, 3.05) is 0 Å². The van der Waals surface area contributed by atoms with Gasteiger partial charge >= 0.3 is 0 Å². The molecule has 6 saturated carbocycles. The fourth-order valence-electron chi connectivity index (χ4n) is 6.88. The molecule has 0 unspecified atom stereocenters. The molecule has 0 aromatic carbocycles. The summed E-state index contributed by atoms with van der Waals surface area (Å²) in [6.07, 6.45) is 16.3. The monoisotopic (exact) mass is 230 g/mol. The summed E-state index contributed by atoms with van der Waals surface area (Å²) >= 11 is 0. The van der Waals surface area contributed by atoms with Crippen LogP contribution in [0.5, 0.6) is 0 Å². The van der Waals surface area contributed by atoms with Gasteiger partial charge in [-0.15, -0.1) is 0 Å². The zero-order chi connectivity index (χ0) is 11.0. The van der Waals surface area contributed by atoms with Crippen LogP contribution in [0.2, 0.25) is 0 Å². The molecule has 6 aliphatic rings. The molecular formula is C17H26. The van der Waals surface area contributed by atoms with Crippen molar-refractivity contribution in [3.63, 3.8) is 0 Å². The van der Waals surface area contributed by atoms with Crippen LogP contribution in [-0.2, 0) is 0 Å². The van der Waals surface area contributed by atoms with Gasteiger partial charge in [-0.3, -0.25) is 0 Å².